The van der Waals surface area contributed by atoms with Gasteiger partial charge in [-0.3, -0.25) is 0 Å². The number of hydrogen-bond acceptors (Lipinski definition) is 5. The fraction of sp³-hybridized carbons (Fsp3) is 0.273. The van der Waals surface area contributed by atoms with Crippen LogP contribution in [0.2, 0.25) is 0 Å². The highest BCUT2D eigenvalue weighted by Gasteiger charge is 2.13. The molecule has 2 aromatic heterocycles. The molecule has 0 unspecified atom stereocenters. The van der Waals surface area contributed by atoms with Gasteiger partial charge in [-0.2, -0.15) is 0 Å². The molecule has 0 aromatic carbocycles. The number of aromatic nitrogens is 4. The molecular weight excluding hydrogens is 202 g/mol. The van der Waals surface area contributed by atoms with Gasteiger partial charge in [0.15, 0.2) is 5.82 Å². The van der Waals surface area contributed by atoms with Gasteiger partial charge in [0, 0.05) is 31.0 Å². The Morgan fingerprint density at radius 3 is 3.00 bits per heavy atom. The molecule has 0 bridgehead atoms. The van der Waals surface area contributed by atoms with Crippen LogP contribution in [0.4, 0.5) is 0 Å². The molecule has 5 heteroatoms. The first-order valence-electron chi connectivity index (χ1n) is 5.18. The maximum Gasteiger partial charge on any atom is 0.178 e. The quantitative estimate of drug-likeness (QED) is 0.760. The van der Waals surface area contributed by atoms with E-state index in [4.69, 9.17) is 0 Å². The van der Waals surface area contributed by atoms with Gasteiger partial charge in [0.2, 0.25) is 0 Å². The minimum atomic E-state index is 0.674. The van der Waals surface area contributed by atoms with Crippen LogP contribution < -0.4 is 5.32 Å². The van der Waals surface area contributed by atoms with Crippen LogP contribution >= 0.6 is 0 Å². The van der Waals surface area contributed by atoms with Gasteiger partial charge in [-0.1, -0.05) is 0 Å². The number of nitrogens with zero attached hydrogens (tertiary/aromatic N) is 4. The van der Waals surface area contributed by atoms with E-state index >= 15 is 0 Å². The van der Waals surface area contributed by atoms with E-state index in [9.17, 15) is 0 Å². The molecule has 0 fully saturated rings. The van der Waals surface area contributed by atoms with E-state index in [-0.39, 0.29) is 0 Å². The Bertz CT molecular complexity index is 538. The van der Waals surface area contributed by atoms with Crippen molar-refractivity contribution >= 4 is 0 Å². The summed E-state index contributed by atoms with van der Waals surface area (Å²) in [5, 5.41) is 3.24. The molecule has 3 heterocycles. The zero-order chi connectivity index (χ0) is 11.0. The monoisotopic (exact) mass is 213 g/mol. The average Bonchev–Trinajstić information content (AvgIpc) is 2.75. The number of nitrogens with one attached hydrogen (secondary N) is 1. The topological polar surface area (TPSA) is 63.6 Å². The summed E-state index contributed by atoms with van der Waals surface area (Å²) < 4.78 is 0. The van der Waals surface area contributed by atoms with Gasteiger partial charge in [-0.25, -0.2) is 19.9 Å². The van der Waals surface area contributed by atoms with Crippen molar-refractivity contribution in [2.24, 2.45) is 0 Å². The van der Waals surface area contributed by atoms with Crippen molar-refractivity contribution < 1.29 is 0 Å². The van der Waals surface area contributed by atoms with Crippen LogP contribution in [0, 0.1) is 6.92 Å². The summed E-state index contributed by atoms with van der Waals surface area (Å²) in [5.41, 5.74) is 3.03. The zero-order valence-corrected chi connectivity index (χ0v) is 8.94. The standard InChI is InChI=1S/C11H11N5/c1-7-13-3-2-9(15-7)11-14-5-8-4-12-6-10(8)16-11/h2-3,5,12H,4,6H2,1H3. The average molecular weight is 213 g/mol. The van der Waals surface area contributed by atoms with E-state index in [1.807, 2.05) is 19.2 Å². The maximum atomic E-state index is 4.50. The van der Waals surface area contributed by atoms with Crippen molar-refractivity contribution in [1.29, 1.82) is 0 Å². The van der Waals surface area contributed by atoms with Gasteiger partial charge in [0.05, 0.1) is 5.69 Å². The fourth-order valence-corrected chi connectivity index (χ4v) is 1.76. The zero-order valence-electron chi connectivity index (χ0n) is 8.94. The molecule has 1 aliphatic heterocycles. The van der Waals surface area contributed by atoms with Crippen molar-refractivity contribution in [2.45, 2.75) is 20.0 Å². The molecule has 0 atom stereocenters. The SMILES string of the molecule is Cc1nccc(-c2ncc3c(n2)CNC3)n1. The van der Waals surface area contributed by atoms with E-state index < -0.39 is 0 Å². The van der Waals surface area contributed by atoms with Crippen LogP contribution in [0.5, 0.6) is 0 Å². The summed E-state index contributed by atoms with van der Waals surface area (Å²) >= 11 is 0. The first-order chi connectivity index (χ1) is 7.83. The first kappa shape index (κ1) is 9.35. The summed E-state index contributed by atoms with van der Waals surface area (Å²) in [6.45, 7) is 3.53. The molecule has 0 spiro atoms. The smallest absolute Gasteiger partial charge is 0.178 e. The number of hydrogen-bond donors (Lipinski definition) is 1. The van der Waals surface area contributed by atoms with Crippen molar-refractivity contribution in [3.63, 3.8) is 0 Å². The Labute approximate surface area is 93.0 Å². The third-order valence-electron chi connectivity index (χ3n) is 2.57. The molecule has 0 amide bonds. The third kappa shape index (κ3) is 1.55. The lowest BCUT2D eigenvalue weighted by atomic mass is 10.2. The highest BCUT2D eigenvalue weighted by molar-refractivity contribution is 5.49. The molecule has 0 saturated heterocycles. The highest BCUT2D eigenvalue weighted by Crippen LogP contribution is 2.16. The second-order valence-electron chi connectivity index (χ2n) is 3.76. The molecule has 80 valence electrons. The van der Waals surface area contributed by atoms with Crippen LogP contribution in [0.1, 0.15) is 17.1 Å². The van der Waals surface area contributed by atoms with E-state index in [0.717, 1.165) is 30.3 Å². The summed E-state index contributed by atoms with van der Waals surface area (Å²) in [5.74, 6) is 1.41. The van der Waals surface area contributed by atoms with Crippen molar-refractivity contribution in [3.8, 4) is 11.5 Å². The van der Waals surface area contributed by atoms with Crippen LogP contribution in [-0.2, 0) is 13.1 Å². The van der Waals surface area contributed by atoms with E-state index in [1.165, 1.54) is 5.56 Å². The Morgan fingerprint density at radius 2 is 2.12 bits per heavy atom. The van der Waals surface area contributed by atoms with Crippen molar-refractivity contribution in [2.75, 3.05) is 0 Å². The summed E-state index contributed by atoms with van der Waals surface area (Å²) in [6.07, 6.45) is 3.60. The molecule has 2 aromatic rings. The van der Waals surface area contributed by atoms with Gasteiger partial charge in [-0.05, 0) is 13.0 Å². The van der Waals surface area contributed by atoms with Gasteiger partial charge in [0.25, 0.3) is 0 Å². The normalized spacial score (nSPS) is 13.8. The molecule has 1 aliphatic rings. The molecule has 0 saturated carbocycles. The van der Waals surface area contributed by atoms with Crippen LogP contribution in [-0.4, -0.2) is 19.9 Å². The third-order valence-corrected chi connectivity index (χ3v) is 2.57. The Hall–Kier alpha value is -1.88. The van der Waals surface area contributed by atoms with Crippen molar-refractivity contribution in [1.82, 2.24) is 25.3 Å². The van der Waals surface area contributed by atoms with E-state index in [2.05, 4.69) is 25.3 Å². The fourth-order valence-electron chi connectivity index (χ4n) is 1.76. The van der Waals surface area contributed by atoms with Crippen molar-refractivity contribution in [3.05, 3.63) is 35.5 Å². The van der Waals surface area contributed by atoms with Gasteiger partial charge >= 0.3 is 0 Å². The van der Waals surface area contributed by atoms with E-state index in [1.54, 1.807) is 6.20 Å². The van der Waals surface area contributed by atoms with Gasteiger partial charge in [0.1, 0.15) is 11.5 Å². The molecule has 0 radical (unpaired) electrons. The minimum Gasteiger partial charge on any atom is -0.307 e. The predicted molar refractivity (Wildman–Crippen MR) is 58.3 cm³/mol. The second kappa shape index (κ2) is 3.61. The molecule has 5 nitrogen and oxygen atoms in total. The summed E-state index contributed by atoms with van der Waals surface area (Å²) in [6, 6.07) is 1.83. The number of aryl methyl sites for hydroxylation is 1. The summed E-state index contributed by atoms with van der Waals surface area (Å²) in [4.78, 5) is 17.2. The number of rotatable bonds is 1. The molecule has 1 N–H and O–H groups in total. The highest BCUT2D eigenvalue weighted by atomic mass is 15.0. The predicted octanol–water partition coefficient (Wildman–Crippen LogP) is 0.845. The molecule has 3 rings (SSSR count). The molecular formula is C11H11N5. The lowest BCUT2D eigenvalue weighted by Gasteiger charge is -2.02. The first-order valence-corrected chi connectivity index (χ1v) is 5.18. The minimum absolute atomic E-state index is 0.674. The Morgan fingerprint density at radius 1 is 1.19 bits per heavy atom. The number of fused-ring (bicyclic) bond motifs is 1. The van der Waals surface area contributed by atoms with Crippen LogP contribution in [0.3, 0.4) is 0 Å². The largest absolute Gasteiger partial charge is 0.307 e. The van der Waals surface area contributed by atoms with Gasteiger partial charge < -0.3 is 5.32 Å². The molecule has 0 aliphatic carbocycles. The maximum absolute atomic E-state index is 4.50. The van der Waals surface area contributed by atoms with E-state index in [0.29, 0.717) is 5.82 Å². The van der Waals surface area contributed by atoms with Crippen LogP contribution in [0.25, 0.3) is 11.5 Å². The van der Waals surface area contributed by atoms with Crippen LogP contribution in [0.15, 0.2) is 18.5 Å². The lowest BCUT2D eigenvalue weighted by molar-refractivity contribution is 0.758. The second-order valence-corrected chi connectivity index (χ2v) is 3.76. The van der Waals surface area contributed by atoms with Gasteiger partial charge in [-0.15, -0.1) is 0 Å². The summed E-state index contributed by atoms with van der Waals surface area (Å²) in [7, 11) is 0. The Balaban J connectivity index is 2.07. The molecule has 16 heavy (non-hydrogen) atoms. The Kier molecular flexibility index (Phi) is 2.11. The lowest BCUT2D eigenvalue weighted by Crippen LogP contribution is -2.01.